The highest BCUT2D eigenvalue weighted by Gasteiger charge is 2.40. The predicted octanol–water partition coefficient (Wildman–Crippen LogP) is -0.331. The number of nitrogens with one attached hydrogen (secondary N) is 10. The van der Waals surface area contributed by atoms with Crippen LogP contribution >= 0.6 is 23.5 Å². The first-order valence-corrected chi connectivity index (χ1v) is 32.3. The molecule has 0 bridgehead atoms. The lowest BCUT2D eigenvalue weighted by atomic mass is 9.99. The lowest BCUT2D eigenvalue weighted by Gasteiger charge is -2.28. The number of carboxylic acid groups (broad SMARTS) is 4. The van der Waals surface area contributed by atoms with Crippen molar-refractivity contribution in [2.75, 3.05) is 30.6 Å². The van der Waals surface area contributed by atoms with Crippen LogP contribution in [0.25, 0.3) is 0 Å². The molecular formula is C59H81F6N13O18S2. The molecule has 2 aromatic carbocycles. The molecule has 0 radical (unpaired) electrons. The molecule has 1 heterocycles. The van der Waals surface area contributed by atoms with Crippen molar-refractivity contribution >= 4 is 106 Å². The molecule has 18 N–H and O–H groups in total. The molecule has 0 saturated heterocycles. The van der Waals surface area contributed by atoms with Crippen LogP contribution in [-0.2, 0) is 86.4 Å². The second-order valence-corrected chi connectivity index (χ2v) is 24.1. The summed E-state index contributed by atoms with van der Waals surface area (Å²) in [7, 11) is 0. The normalized spacial score (nSPS) is 13.9. The van der Waals surface area contributed by atoms with E-state index in [0.29, 0.717) is 28.3 Å². The van der Waals surface area contributed by atoms with Gasteiger partial charge in [0.05, 0.1) is 31.8 Å². The van der Waals surface area contributed by atoms with Crippen molar-refractivity contribution in [3.63, 3.8) is 0 Å². The number of rotatable bonds is 38. The minimum atomic E-state index is -5.08. The van der Waals surface area contributed by atoms with Crippen LogP contribution < -0.4 is 59.3 Å². The molecule has 9 atom stereocenters. The van der Waals surface area contributed by atoms with Gasteiger partial charge >= 0.3 is 36.2 Å². The van der Waals surface area contributed by atoms with Crippen molar-refractivity contribution in [2.45, 2.75) is 146 Å². The number of carbonyl (C=O) groups excluding carboxylic acids is 10. The summed E-state index contributed by atoms with van der Waals surface area (Å²) in [5.74, 6) is -17.0. The number of benzene rings is 2. The number of H-pyrrole nitrogens is 1. The smallest absolute Gasteiger partial charge is 0.481 e. The summed E-state index contributed by atoms with van der Waals surface area (Å²) in [4.78, 5) is 185. The maximum absolute atomic E-state index is 14.6. The van der Waals surface area contributed by atoms with Gasteiger partial charge in [-0.15, -0.1) is 0 Å². The van der Waals surface area contributed by atoms with Crippen molar-refractivity contribution in [3.05, 3.63) is 90.0 Å². The largest absolute Gasteiger partial charge is 0.490 e. The molecule has 0 unspecified atom stereocenters. The highest BCUT2D eigenvalue weighted by Crippen LogP contribution is 2.16. The predicted molar refractivity (Wildman–Crippen MR) is 340 cm³/mol. The number of aromatic amines is 1. The molecule has 0 fully saturated rings. The van der Waals surface area contributed by atoms with Crippen molar-refractivity contribution in [3.8, 4) is 0 Å². The van der Waals surface area contributed by atoms with Crippen LogP contribution in [0.3, 0.4) is 0 Å². The Morgan fingerprint density at radius 3 is 1.30 bits per heavy atom. The third-order valence-electron chi connectivity index (χ3n) is 13.2. The third kappa shape index (κ3) is 34.9. The first-order valence-electron chi connectivity index (χ1n) is 29.5. The highest BCUT2D eigenvalue weighted by atomic mass is 32.2. The van der Waals surface area contributed by atoms with Crippen LogP contribution in [0.5, 0.6) is 0 Å². The minimum Gasteiger partial charge on any atom is -0.481 e. The zero-order chi connectivity index (χ0) is 74.6. The van der Waals surface area contributed by atoms with Gasteiger partial charge in [0.15, 0.2) is 0 Å². The van der Waals surface area contributed by atoms with Crippen LogP contribution in [0.4, 0.5) is 26.3 Å². The lowest BCUT2D eigenvalue weighted by molar-refractivity contribution is -0.193. The number of halogens is 6. The van der Waals surface area contributed by atoms with Gasteiger partial charge in [0.1, 0.15) is 48.3 Å². The number of carboxylic acids is 4. The summed E-state index contributed by atoms with van der Waals surface area (Å²) in [6, 6.07) is 4.14. The molecule has 3 rings (SSSR count). The van der Waals surface area contributed by atoms with Crippen LogP contribution in [0.2, 0.25) is 0 Å². The van der Waals surface area contributed by atoms with E-state index in [-0.39, 0.29) is 44.4 Å². The van der Waals surface area contributed by atoms with Gasteiger partial charge in [-0.3, -0.25) is 57.5 Å². The number of carbonyl (C=O) groups is 14. The maximum Gasteiger partial charge on any atom is 0.490 e. The average Bonchev–Trinajstić information content (AvgIpc) is 1.11. The topological polar surface area (TPSA) is 509 Å². The lowest BCUT2D eigenvalue weighted by Crippen LogP contribution is -2.61. The van der Waals surface area contributed by atoms with Gasteiger partial charge in [0, 0.05) is 31.2 Å². The van der Waals surface area contributed by atoms with Gasteiger partial charge in [-0.25, -0.2) is 14.6 Å². The number of thioether (sulfide) groups is 2. The van der Waals surface area contributed by atoms with E-state index < -0.39 is 175 Å². The molecule has 0 aliphatic rings. The number of aliphatic carboxylic acids is 4. The molecular weight excluding hydrogens is 1360 g/mol. The number of hydrogen-bond donors (Lipinski definition) is 16. The van der Waals surface area contributed by atoms with E-state index >= 15 is 0 Å². The molecule has 98 heavy (non-hydrogen) atoms. The fourth-order valence-electron chi connectivity index (χ4n) is 8.29. The van der Waals surface area contributed by atoms with Gasteiger partial charge in [0.2, 0.25) is 59.1 Å². The average molecular weight is 1440 g/mol. The van der Waals surface area contributed by atoms with Crippen LogP contribution in [0.1, 0.15) is 76.6 Å². The van der Waals surface area contributed by atoms with Gasteiger partial charge in [-0.05, 0) is 66.2 Å². The van der Waals surface area contributed by atoms with E-state index in [9.17, 15) is 89.0 Å². The monoisotopic (exact) mass is 1440 g/mol. The fraction of sp³-hybridized carbons (Fsp3) is 0.508. The Bertz CT molecular complexity index is 3120. The molecule has 0 aliphatic carbocycles. The molecule has 10 amide bonds. The number of nitrogens with two attached hydrogens (primary N) is 2. The van der Waals surface area contributed by atoms with E-state index in [0.717, 1.165) is 0 Å². The Balaban J connectivity index is 0.00000307. The molecule has 39 heteroatoms. The Hall–Kier alpha value is -9.53. The zero-order valence-electron chi connectivity index (χ0n) is 53.7. The first-order chi connectivity index (χ1) is 45.7. The van der Waals surface area contributed by atoms with Gasteiger partial charge in [-0.1, -0.05) is 88.4 Å². The Morgan fingerprint density at radius 2 is 0.898 bits per heavy atom. The Labute approximate surface area is 565 Å². The van der Waals surface area contributed by atoms with Crippen molar-refractivity contribution < 1.29 is 114 Å². The number of nitrogens with zero attached hydrogens (tertiary/aromatic N) is 1. The van der Waals surface area contributed by atoms with Crippen LogP contribution in [0.15, 0.2) is 73.2 Å². The highest BCUT2D eigenvalue weighted by molar-refractivity contribution is 7.98. The molecule has 31 nitrogen and oxygen atoms in total. The van der Waals surface area contributed by atoms with Gasteiger partial charge in [0.25, 0.3) is 0 Å². The maximum atomic E-state index is 14.6. The fourth-order valence-corrected chi connectivity index (χ4v) is 9.23. The van der Waals surface area contributed by atoms with Crippen LogP contribution in [-0.4, -0.2) is 211 Å². The molecule has 0 saturated carbocycles. The number of amides is 10. The second-order valence-electron chi connectivity index (χ2n) is 22.1. The quantitative estimate of drug-likeness (QED) is 0.0327. The standard InChI is InChI=1S/C55H79N13O14S2.2C2HF3O2/c1-30(2)21-38(50(77)62-36(47(57)74)17-19-83-5)61-43(69)28-59-55(82)46(31(3)4)68-54(81)40(23-33-15-11-8-12-16-33)65-51(78)39(22-32-13-9-7-10-14-32)64-53(80)42(26-45(72)73)67-52(79)41(24-34-27-58-29-60-34)66-49(76)37(18-20-84-6)63-48(75)35(56)25-44(70)71;2*3-2(4,5)1(6)7/h7-16,27,29-31,35-42,46H,17-26,28,56H2,1-6H3,(H2,57,74)(H,58,60)(H,59,82)(H,61,69)(H,62,77)(H,63,75)(H,64,80)(H,65,78)(H,66,76)(H,67,79)(H,68,81)(H,70,71)(H,72,73);2*(H,6,7)/t35-,36-,37-,38-,39-,40-,41-,42-,46-;;/m0../s1. The molecule has 544 valence electrons. The minimum absolute atomic E-state index is 0.0124. The molecule has 0 aliphatic heterocycles. The van der Waals surface area contributed by atoms with Gasteiger partial charge in [-0.2, -0.15) is 49.9 Å². The summed E-state index contributed by atoms with van der Waals surface area (Å²) in [5, 5.41) is 56.4. The number of imidazole rings is 1. The van der Waals surface area contributed by atoms with E-state index in [1.165, 1.54) is 36.0 Å². The van der Waals surface area contributed by atoms with E-state index in [1.807, 2.05) is 20.1 Å². The van der Waals surface area contributed by atoms with Crippen molar-refractivity contribution in [1.82, 2.24) is 57.8 Å². The summed E-state index contributed by atoms with van der Waals surface area (Å²) < 4.78 is 63.5. The van der Waals surface area contributed by atoms with Crippen molar-refractivity contribution in [2.24, 2.45) is 23.3 Å². The number of primary amides is 1. The van der Waals surface area contributed by atoms with Crippen LogP contribution in [0, 0.1) is 11.8 Å². The van der Waals surface area contributed by atoms with Crippen molar-refractivity contribution in [1.29, 1.82) is 0 Å². The molecule has 0 spiro atoms. The SMILES string of the molecule is CSCC[C@H](NC(=O)[C@H](CC(C)C)NC(=O)CNC(=O)[C@@H](NC(=O)[C@H](Cc1ccccc1)NC(=O)[C@H](Cc1ccccc1)NC(=O)[C@H](CC(=O)O)NC(=O)[C@H](Cc1cnc[nH]1)NC(=O)[C@H](CCSC)NC(=O)[C@@H](N)CC(=O)O)C(C)C)C(N)=O.O=C(O)C(F)(F)F.O=C(O)C(F)(F)F. The Morgan fingerprint density at radius 1 is 0.510 bits per heavy atom. The molecule has 1 aromatic heterocycles. The number of hydrogen-bond acceptors (Lipinski definition) is 18. The summed E-state index contributed by atoms with van der Waals surface area (Å²) in [5.41, 5.74) is 12.7. The summed E-state index contributed by atoms with van der Waals surface area (Å²) in [6.45, 7) is 6.29. The van der Waals surface area contributed by atoms with E-state index in [1.54, 1.807) is 80.8 Å². The number of aromatic nitrogens is 2. The molecule has 3 aromatic rings. The zero-order valence-corrected chi connectivity index (χ0v) is 55.4. The number of alkyl halides is 6. The Kier molecular flexibility index (Phi) is 38.5. The summed E-state index contributed by atoms with van der Waals surface area (Å²) in [6.07, 6.45) is -5.94. The second kappa shape index (κ2) is 43.6. The summed E-state index contributed by atoms with van der Waals surface area (Å²) >= 11 is 2.78. The van der Waals surface area contributed by atoms with E-state index in [4.69, 9.17) is 36.4 Å². The first kappa shape index (κ1) is 86.5. The van der Waals surface area contributed by atoms with E-state index in [2.05, 4.69) is 57.8 Å². The third-order valence-corrected chi connectivity index (χ3v) is 14.5. The van der Waals surface area contributed by atoms with Gasteiger partial charge < -0.3 is 84.7 Å².